The minimum Gasteiger partial charge on any atom is -0.481 e. The van der Waals surface area contributed by atoms with Crippen molar-refractivity contribution >= 4 is 18.0 Å². The minimum absolute atomic E-state index is 0.0723. The van der Waals surface area contributed by atoms with Gasteiger partial charge >= 0.3 is 18.0 Å². The van der Waals surface area contributed by atoms with Gasteiger partial charge in [-0.05, 0) is 40.7 Å². The van der Waals surface area contributed by atoms with Gasteiger partial charge in [-0.3, -0.25) is 4.79 Å². The summed E-state index contributed by atoms with van der Waals surface area (Å²) >= 11 is 0. The normalized spacial score (nSPS) is 12.8. The van der Waals surface area contributed by atoms with Gasteiger partial charge in [0.15, 0.2) is 0 Å². The maximum Gasteiger partial charge on any atom is 0.407 e. The number of nitrogens with one attached hydrogen (secondary N) is 1. The van der Waals surface area contributed by atoms with E-state index in [2.05, 4.69) is 17.4 Å². The van der Waals surface area contributed by atoms with Gasteiger partial charge < -0.3 is 19.9 Å². The number of aliphatic carboxylic acids is 1. The lowest BCUT2D eigenvalue weighted by Crippen LogP contribution is -2.42. The Kier molecular flexibility index (Phi) is 8.92. The first kappa shape index (κ1) is 25.9. The smallest absolute Gasteiger partial charge is 0.407 e. The lowest BCUT2D eigenvalue weighted by atomic mass is 9.98. The Morgan fingerprint density at radius 3 is 2.05 bits per heavy atom. The number of alkyl carbamates (subject to hydrolysis) is 1. The number of unbranched alkanes of at least 4 members (excludes halogenated alkanes) is 2. The van der Waals surface area contributed by atoms with Gasteiger partial charge in [0.2, 0.25) is 0 Å². The van der Waals surface area contributed by atoms with E-state index in [0.717, 1.165) is 27.8 Å². The molecule has 192 valence electrons. The van der Waals surface area contributed by atoms with Gasteiger partial charge in [-0.25, -0.2) is 9.59 Å². The number of carbonyl (C=O) groups is 3. The standard InChI is InChI=1S/C30H31NO6/c32-28(33)18-6-2-5-17-27(29(34)36-19-21-11-3-1-4-12-21)31-30(35)37-20-26-24-15-9-7-13-22(24)23-14-8-10-16-25(23)26/h1,3-4,7-16,26-27H,2,5-6,17-20H2,(H,31,35)(H,32,33)/t27-/m0/s1. The molecule has 0 aliphatic heterocycles. The topological polar surface area (TPSA) is 102 Å². The zero-order valence-electron chi connectivity index (χ0n) is 20.6. The number of ether oxygens (including phenoxy) is 2. The summed E-state index contributed by atoms with van der Waals surface area (Å²) in [6.07, 6.45) is 1.42. The molecule has 0 saturated heterocycles. The number of carboxylic acid groups (broad SMARTS) is 1. The van der Waals surface area contributed by atoms with Crippen molar-refractivity contribution in [1.29, 1.82) is 0 Å². The third-order valence-electron chi connectivity index (χ3n) is 6.53. The number of carbonyl (C=O) groups excluding carboxylic acids is 2. The highest BCUT2D eigenvalue weighted by Crippen LogP contribution is 2.44. The lowest BCUT2D eigenvalue weighted by molar-refractivity contribution is -0.147. The highest BCUT2D eigenvalue weighted by molar-refractivity contribution is 5.82. The zero-order valence-corrected chi connectivity index (χ0v) is 20.6. The molecule has 0 unspecified atom stereocenters. The van der Waals surface area contributed by atoms with E-state index in [1.807, 2.05) is 66.7 Å². The van der Waals surface area contributed by atoms with Crippen molar-refractivity contribution < 1.29 is 29.0 Å². The fourth-order valence-corrected chi connectivity index (χ4v) is 4.66. The quantitative estimate of drug-likeness (QED) is 0.245. The first-order valence-electron chi connectivity index (χ1n) is 12.6. The molecule has 0 radical (unpaired) electrons. The molecule has 0 spiro atoms. The van der Waals surface area contributed by atoms with Crippen molar-refractivity contribution in [3.63, 3.8) is 0 Å². The van der Waals surface area contributed by atoms with Gasteiger partial charge in [-0.15, -0.1) is 0 Å². The molecule has 3 aromatic rings. The van der Waals surface area contributed by atoms with Gasteiger partial charge in [0.1, 0.15) is 19.3 Å². The number of hydrogen-bond acceptors (Lipinski definition) is 5. The second-order valence-corrected chi connectivity index (χ2v) is 9.11. The molecular weight excluding hydrogens is 470 g/mol. The van der Waals surface area contributed by atoms with Crippen LogP contribution in [0.5, 0.6) is 0 Å². The average molecular weight is 502 g/mol. The molecule has 7 heteroatoms. The fraction of sp³-hybridized carbons (Fsp3) is 0.300. The van der Waals surface area contributed by atoms with E-state index in [1.54, 1.807) is 0 Å². The number of fused-ring (bicyclic) bond motifs is 3. The van der Waals surface area contributed by atoms with Gasteiger partial charge in [0.05, 0.1) is 0 Å². The maximum atomic E-state index is 12.8. The molecule has 0 aromatic heterocycles. The molecule has 1 aliphatic carbocycles. The van der Waals surface area contributed by atoms with Crippen LogP contribution in [0.15, 0.2) is 78.9 Å². The Bertz CT molecular complexity index is 1180. The number of carboxylic acids is 1. The van der Waals surface area contributed by atoms with E-state index >= 15 is 0 Å². The van der Waals surface area contributed by atoms with E-state index in [1.165, 1.54) is 0 Å². The molecule has 3 aromatic carbocycles. The molecule has 2 N–H and O–H groups in total. The number of esters is 1. The van der Waals surface area contributed by atoms with Crippen LogP contribution in [-0.2, 0) is 25.7 Å². The lowest BCUT2D eigenvalue weighted by Gasteiger charge is -2.19. The molecule has 7 nitrogen and oxygen atoms in total. The molecule has 37 heavy (non-hydrogen) atoms. The predicted octanol–water partition coefficient (Wildman–Crippen LogP) is 5.67. The molecule has 0 saturated carbocycles. The number of amides is 1. The second-order valence-electron chi connectivity index (χ2n) is 9.11. The minimum atomic E-state index is -0.885. The van der Waals surface area contributed by atoms with Crippen molar-refractivity contribution in [2.45, 2.75) is 50.7 Å². The molecule has 0 heterocycles. The summed E-state index contributed by atoms with van der Waals surface area (Å²) in [5.74, 6) is -1.48. The molecule has 1 atom stereocenters. The first-order chi connectivity index (χ1) is 18.0. The van der Waals surface area contributed by atoms with Crippen LogP contribution in [0.2, 0.25) is 0 Å². The van der Waals surface area contributed by atoms with E-state index in [9.17, 15) is 14.4 Å². The summed E-state index contributed by atoms with van der Waals surface area (Å²) in [5.41, 5.74) is 5.33. The van der Waals surface area contributed by atoms with Crippen LogP contribution in [0.1, 0.15) is 54.7 Å². The molecule has 1 aliphatic rings. The highest BCUT2D eigenvalue weighted by atomic mass is 16.6. The Morgan fingerprint density at radius 1 is 0.784 bits per heavy atom. The maximum absolute atomic E-state index is 12.8. The Labute approximate surface area is 216 Å². The van der Waals surface area contributed by atoms with E-state index in [4.69, 9.17) is 14.6 Å². The summed E-state index contributed by atoms with van der Waals surface area (Å²) in [4.78, 5) is 36.4. The van der Waals surface area contributed by atoms with Crippen molar-refractivity contribution in [1.82, 2.24) is 5.32 Å². The van der Waals surface area contributed by atoms with Crippen LogP contribution in [0, 0.1) is 0 Å². The second kappa shape index (κ2) is 12.7. The monoisotopic (exact) mass is 501 g/mol. The van der Waals surface area contributed by atoms with Gasteiger partial charge in [-0.1, -0.05) is 91.7 Å². The van der Waals surface area contributed by atoms with Gasteiger partial charge in [-0.2, -0.15) is 0 Å². The summed E-state index contributed by atoms with van der Waals surface area (Å²) in [7, 11) is 0. The number of benzene rings is 3. The Morgan fingerprint density at radius 2 is 1.41 bits per heavy atom. The molecule has 1 amide bonds. The van der Waals surface area contributed by atoms with Crippen molar-refractivity contribution in [3.05, 3.63) is 95.6 Å². The van der Waals surface area contributed by atoms with Crippen LogP contribution >= 0.6 is 0 Å². The number of hydrogen-bond donors (Lipinski definition) is 2. The number of rotatable bonds is 12. The van der Waals surface area contributed by atoms with Gasteiger partial charge in [0, 0.05) is 12.3 Å². The fourth-order valence-electron chi connectivity index (χ4n) is 4.66. The zero-order chi connectivity index (χ0) is 26.0. The van der Waals surface area contributed by atoms with Gasteiger partial charge in [0.25, 0.3) is 0 Å². The Hall–Kier alpha value is -4.13. The molecular formula is C30H31NO6. The third kappa shape index (κ3) is 6.97. The van der Waals surface area contributed by atoms with Crippen LogP contribution in [0.25, 0.3) is 11.1 Å². The van der Waals surface area contributed by atoms with Crippen molar-refractivity contribution in [3.8, 4) is 11.1 Å². The summed E-state index contributed by atoms with van der Waals surface area (Å²) in [6, 6.07) is 24.6. The van der Waals surface area contributed by atoms with E-state index in [0.29, 0.717) is 25.7 Å². The molecule has 0 bridgehead atoms. The summed E-state index contributed by atoms with van der Waals surface area (Å²) in [6.45, 7) is 0.242. The van der Waals surface area contributed by atoms with Crippen molar-refractivity contribution in [2.24, 2.45) is 0 Å². The SMILES string of the molecule is O=C(O)CCCCC[C@H](NC(=O)OCC1c2ccccc2-c2ccccc21)C(=O)OCc1ccccc1. The predicted molar refractivity (Wildman–Crippen MR) is 139 cm³/mol. The van der Waals surface area contributed by atoms with E-state index in [-0.39, 0.29) is 25.6 Å². The van der Waals surface area contributed by atoms with E-state index < -0.39 is 24.1 Å². The highest BCUT2D eigenvalue weighted by Gasteiger charge is 2.30. The van der Waals surface area contributed by atoms with Crippen LogP contribution in [-0.4, -0.2) is 35.8 Å². The Balaban J connectivity index is 1.36. The third-order valence-corrected chi connectivity index (χ3v) is 6.53. The summed E-state index contributed by atoms with van der Waals surface area (Å²) < 4.78 is 11.1. The molecule has 0 fully saturated rings. The van der Waals surface area contributed by atoms with Crippen molar-refractivity contribution in [2.75, 3.05) is 6.61 Å². The molecule has 4 rings (SSSR count). The first-order valence-corrected chi connectivity index (χ1v) is 12.6. The largest absolute Gasteiger partial charge is 0.481 e. The van der Waals surface area contributed by atoms with Crippen LogP contribution in [0.3, 0.4) is 0 Å². The van der Waals surface area contributed by atoms with Crippen LogP contribution < -0.4 is 5.32 Å². The summed E-state index contributed by atoms with van der Waals surface area (Å²) in [5, 5.41) is 11.5. The van der Waals surface area contributed by atoms with Crippen LogP contribution in [0.4, 0.5) is 4.79 Å². The average Bonchev–Trinajstić information content (AvgIpc) is 3.23.